The lowest BCUT2D eigenvalue weighted by atomic mass is 10.2. The molecule has 0 fully saturated rings. The molecule has 0 aliphatic rings. The van der Waals surface area contributed by atoms with Crippen LogP contribution in [-0.4, -0.2) is 32.8 Å². The lowest BCUT2D eigenvalue weighted by molar-refractivity contribution is 0.186. The van der Waals surface area contributed by atoms with Crippen LogP contribution in [0.3, 0.4) is 0 Å². The molecule has 136 valence electrons. The second kappa shape index (κ2) is 7.13. The first-order valence-corrected chi connectivity index (χ1v) is 8.58. The summed E-state index contributed by atoms with van der Waals surface area (Å²) in [5.74, 6) is 0. The first kappa shape index (κ1) is 17.1. The van der Waals surface area contributed by atoms with E-state index < -0.39 is 0 Å². The molecule has 0 spiro atoms. The SMILES string of the molecule is COCCn1ccc2nc3ccn(Cc4cccnc4)c(=O)c3cc2c1=O. The van der Waals surface area contributed by atoms with E-state index in [4.69, 9.17) is 4.74 Å². The highest BCUT2D eigenvalue weighted by atomic mass is 16.5. The molecule has 0 unspecified atom stereocenters. The second-order valence-corrected chi connectivity index (χ2v) is 6.27. The molecule has 27 heavy (non-hydrogen) atoms. The van der Waals surface area contributed by atoms with Gasteiger partial charge in [-0.25, -0.2) is 4.98 Å². The summed E-state index contributed by atoms with van der Waals surface area (Å²) in [7, 11) is 1.59. The maximum absolute atomic E-state index is 12.9. The maximum atomic E-state index is 12.9. The van der Waals surface area contributed by atoms with E-state index in [1.54, 1.807) is 59.2 Å². The molecule has 0 atom stereocenters. The summed E-state index contributed by atoms with van der Waals surface area (Å²) in [6.45, 7) is 1.29. The number of pyridine rings is 4. The molecule has 0 bridgehead atoms. The third-order valence-corrected chi connectivity index (χ3v) is 4.50. The van der Waals surface area contributed by atoms with Gasteiger partial charge in [-0.2, -0.15) is 0 Å². The molecular weight excluding hydrogens is 344 g/mol. The van der Waals surface area contributed by atoms with E-state index >= 15 is 0 Å². The van der Waals surface area contributed by atoms with E-state index in [-0.39, 0.29) is 11.1 Å². The molecule has 0 N–H and O–H groups in total. The fourth-order valence-corrected chi connectivity index (χ4v) is 3.08. The van der Waals surface area contributed by atoms with Crippen molar-refractivity contribution in [3.63, 3.8) is 0 Å². The first-order chi connectivity index (χ1) is 13.2. The predicted molar refractivity (Wildman–Crippen MR) is 103 cm³/mol. The van der Waals surface area contributed by atoms with E-state index in [1.807, 2.05) is 12.1 Å². The Morgan fingerprint density at radius 1 is 1.00 bits per heavy atom. The summed E-state index contributed by atoms with van der Waals surface area (Å²) < 4.78 is 8.20. The van der Waals surface area contributed by atoms with Crippen LogP contribution in [0, 0.1) is 0 Å². The summed E-state index contributed by atoms with van der Waals surface area (Å²) in [6.07, 6.45) is 6.84. The lowest BCUT2D eigenvalue weighted by Gasteiger charge is -2.09. The molecule has 0 amide bonds. The highest BCUT2D eigenvalue weighted by Gasteiger charge is 2.10. The smallest absolute Gasteiger partial charge is 0.260 e. The number of ether oxygens (including phenoxy) is 1. The Morgan fingerprint density at radius 2 is 1.70 bits per heavy atom. The van der Waals surface area contributed by atoms with Crippen molar-refractivity contribution in [3.05, 3.63) is 81.4 Å². The molecule has 0 aliphatic carbocycles. The first-order valence-electron chi connectivity index (χ1n) is 8.58. The van der Waals surface area contributed by atoms with Crippen LogP contribution in [0.1, 0.15) is 5.56 Å². The van der Waals surface area contributed by atoms with Gasteiger partial charge in [0.1, 0.15) is 0 Å². The van der Waals surface area contributed by atoms with Gasteiger partial charge in [-0.05, 0) is 29.8 Å². The zero-order valence-electron chi connectivity index (χ0n) is 14.8. The molecule has 4 aromatic rings. The molecule has 4 rings (SSSR count). The molecule has 0 radical (unpaired) electrons. The van der Waals surface area contributed by atoms with Gasteiger partial charge >= 0.3 is 0 Å². The Hall–Kier alpha value is -3.32. The van der Waals surface area contributed by atoms with Crippen LogP contribution < -0.4 is 11.1 Å². The van der Waals surface area contributed by atoms with Gasteiger partial charge in [-0.1, -0.05) is 6.07 Å². The monoisotopic (exact) mass is 362 g/mol. The van der Waals surface area contributed by atoms with Gasteiger partial charge in [0.05, 0.1) is 35.0 Å². The minimum Gasteiger partial charge on any atom is -0.383 e. The van der Waals surface area contributed by atoms with Crippen LogP contribution >= 0.6 is 0 Å². The number of rotatable bonds is 5. The second-order valence-electron chi connectivity index (χ2n) is 6.27. The summed E-state index contributed by atoms with van der Waals surface area (Å²) >= 11 is 0. The van der Waals surface area contributed by atoms with Crippen molar-refractivity contribution in [1.29, 1.82) is 0 Å². The van der Waals surface area contributed by atoms with Crippen molar-refractivity contribution < 1.29 is 4.74 Å². The zero-order chi connectivity index (χ0) is 18.8. The van der Waals surface area contributed by atoms with Crippen molar-refractivity contribution in [2.75, 3.05) is 13.7 Å². The molecule has 0 aromatic carbocycles. The van der Waals surface area contributed by atoms with Crippen molar-refractivity contribution >= 4 is 21.8 Å². The summed E-state index contributed by atoms with van der Waals surface area (Å²) in [5, 5.41) is 0.854. The largest absolute Gasteiger partial charge is 0.383 e. The van der Waals surface area contributed by atoms with Crippen molar-refractivity contribution in [1.82, 2.24) is 19.1 Å². The van der Waals surface area contributed by atoms with Gasteiger partial charge in [-0.3, -0.25) is 14.6 Å². The van der Waals surface area contributed by atoms with Crippen LogP contribution in [0.4, 0.5) is 0 Å². The van der Waals surface area contributed by atoms with Gasteiger partial charge in [0.15, 0.2) is 0 Å². The summed E-state index contributed by atoms with van der Waals surface area (Å²) in [6, 6.07) is 8.97. The highest BCUT2D eigenvalue weighted by molar-refractivity contribution is 5.91. The van der Waals surface area contributed by atoms with E-state index in [2.05, 4.69) is 9.97 Å². The van der Waals surface area contributed by atoms with E-state index in [9.17, 15) is 9.59 Å². The number of methoxy groups -OCH3 is 1. The third-order valence-electron chi connectivity index (χ3n) is 4.50. The summed E-state index contributed by atoms with van der Waals surface area (Å²) in [5.41, 5.74) is 1.71. The van der Waals surface area contributed by atoms with Gasteiger partial charge < -0.3 is 13.9 Å². The van der Waals surface area contributed by atoms with Crippen LogP contribution in [-0.2, 0) is 17.8 Å². The number of hydrogen-bond donors (Lipinski definition) is 0. The average molecular weight is 362 g/mol. The molecule has 0 aliphatic heterocycles. The van der Waals surface area contributed by atoms with Crippen LogP contribution in [0.15, 0.2) is 64.7 Å². The Morgan fingerprint density at radius 3 is 2.37 bits per heavy atom. The maximum Gasteiger partial charge on any atom is 0.260 e. The van der Waals surface area contributed by atoms with Crippen molar-refractivity contribution in [3.8, 4) is 0 Å². The van der Waals surface area contributed by atoms with E-state index in [0.29, 0.717) is 41.5 Å². The highest BCUT2D eigenvalue weighted by Crippen LogP contribution is 2.14. The normalized spacial score (nSPS) is 11.3. The van der Waals surface area contributed by atoms with Crippen LogP contribution in [0.2, 0.25) is 0 Å². The lowest BCUT2D eigenvalue weighted by Crippen LogP contribution is -2.23. The molecule has 4 heterocycles. The van der Waals surface area contributed by atoms with Gasteiger partial charge in [0, 0.05) is 38.4 Å². The fraction of sp³-hybridized carbons (Fsp3) is 0.200. The van der Waals surface area contributed by atoms with Crippen LogP contribution in [0.25, 0.3) is 21.8 Å². The summed E-state index contributed by atoms with van der Waals surface area (Å²) in [4.78, 5) is 34.2. The zero-order valence-corrected chi connectivity index (χ0v) is 14.8. The van der Waals surface area contributed by atoms with Gasteiger partial charge in [-0.15, -0.1) is 0 Å². The average Bonchev–Trinajstić information content (AvgIpc) is 2.70. The van der Waals surface area contributed by atoms with Gasteiger partial charge in [0.25, 0.3) is 11.1 Å². The molecule has 4 aromatic heterocycles. The minimum atomic E-state index is -0.183. The third kappa shape index (κ3) is 3.24. The minimum absolute atomic E-state index is 0.180. The molecule has 0 saturated carbocycles. The molecule has 7 heteroatoms. The number of hydrogen-bond acceptors (Lipinski definition) is 5. The molecule has 0 saturated heterocycles. The fourth-order valence-electron chi connectivity index (χ4n) is 3.08. The Labute approximate surface area is 154 Å². The van der Waals surface area contributed by atoms with Crippen molar-refractivity contribution in [2.45, 2.75) is 13.1 Å². The van der Waals surface area contributed by atoms with Crippen molar-refractivity contribution in [2.24, 2.45) is 0 Å². The number of nitrogens with zero attached hydrogens (tertiary/aromatic N) is 4. The standard InChI is InChI=1S/C20H18N4O3/c1-27-10-9-23-7-4-17-15(19(23)25)11-16-18(22-17)5-8-24(20(16)26)13-14-3-2-6-21-12-14/h2-8,11-12H,9-10,13H2,1H3. The number of aromatic nitrogens is 4. The topological polar surface area (TPSA) is 79.0 Å². The Balaban J connectivity index is 1.85. The predicted octanol–water partition coefficient (Wildman–Crippen LogP) is 1.80. The van der Waals surface area contributed by atoms with Gasteiger partial charge in [0.2, 0.25) is 0 Å². The van der Waals surface area contributed by atoms with E-state index in [1.165, 1.54) is 0 Å². The Kier molecular flexibility index (Phi) is 4.52. The van der Waals surface area contributed by atoms with Crippen LogP contribution in [0.5, 0.6) is 0 Å². The molecule has 7 nitrogen and oxygen atoms in total. The number of fused-ring (bicyclic) bond motifs is 2. The Bertz CT molecular complexity index is 1230. The quantitative estimate of drug-likeness (QED) is 0.506. The van der Waals surface area contributed by atoms with E-state index in [0.717, 1.165) is 5.56 Å². The molecular formula is C20H18N4O3.